The van der Waals surface area contributed by atoms with Crippen LogP contribution in [-0.2, 0) is 0 Å². The van der Waals surface area contributed by atoms with Crippen molar-refractivity contribution in [1.82, 2.24) is 21.5 Å². The number of urea groups is 2. The highest BCUT2D eigenvalue weighted by Gasteiger charge is 2.05. The lowest BCUT2D eigenvalue weighted by Crippen LogP contribution is -2.45. The molecule has 8 heteroatoms. The van der Waals surface area contributed by atoms with Crippen molar-refractivity contribution in [3.8, 4) is 0 Å². The summed E-state index contributed by atoms with van der Waals surface area (Å²) in [4.78, 5) is 23.8. The molecule has 8 nitrogen and oxygen atoms in total. The predicted molar refractivity (Wildman–Crippen MR) is 121 cm³/mol. The standard InChI is InChI=1S/C22H32N6O2/c1-27(19-13-7-5-8-14-19)25-21(29)23-17-11-3-4-12-18-24-22(30)26-28(2)20-15-9-6-10-16-20/h5-10,13-16H,3-4,11-12,17-18H2,1-2H3,(H2,23,25,29)(H2,24,26,30). The maximum atomic E-state index is 11.9. The van der Waals surface area contributed by atoms with Crippen LogP contribution in [0.1, 0.15) is 25.7 Å². The van der Waals surface area contributed by atoms with Gasteiger partial charge in [0.1, 0.15) is 0 Å². The highest BCUT2D eigenvalue weighted by Crippen LogP contribution is 2.09. The number of carbonyl (C=O) groups is 2. The van der Waals surface area contributed by atoms with Crippen molar-refractivity contribution < 1.29 is 9.59 Å². The molecule has 0 aliphatic carbocycles. The molecule has 0 aliphatic rings. The van der Waals surface area contributed by atoms with E-state index in [0.29, 0.717) is 13.1 Å². The first-order valence-corrected chi connectivity index (χ1v) is 10.2. The molecule has 0 spiro atoms. The van der Waals surface area contributed by atoms with Gasteiger partial charge in [-0.3, -0.25) is 10.0 Å². The van der Waals surface area contributed by atoms with Gasteiger partial charge in [-0.15, -0.1) is 0 Å². The van der Waals surface area contributed by atoms with E-state index in [4.69, 9.17) is 0 Å². The third kappa shape index (κ3) is 8.72. The predicted octanol–water partition coefficient (Wildman–Crippen LogP) is 3.25. The minimum atomic E-state index is -0.220. The second-order valence-corrected chi connectivity index (χ2v) is 6.94. The van der Waals surface area contributed by atoms with Gasteiger partial charge in [0.15, 0.2) is 0 Å². The molecule has 0 radical (unpaired) electrons. The van der Waals surface area contributed by atoms with Gasteiger partial charge in [0.2, 0.25) is 0 Å². The first kappa shape index (κ1) is 22.9. The van der Waals surface area contributed by atoms with Crippen LogP contribution in [-0.4, -0.2) is 39.2 Å². The summed E-state index contributed by atoms with van der Waals surface area (Å²) < 4.78 is 0. The smallest absolute Gasteiger partial charge is 0.333 e. The second kappa shape index (κ2) is 12.9. The Morgan fingerprint density at radius 3 is 1.37 bits per heavy atom. The molecule has 0 saturated heterocycles. The van der Waals surface area contributed by atoms with Gasteiger partial charge in [0.05, 0.1) is 11.4 Å². The van der Waals surface area contributed by atoms with Gasteiger partial charge < -0.3 is 10.6 Å². The Kier molecular flexibility index (Phi) is 9.85. The molecule has 2 aromatic rings. The molecular formula is C22H32N6O2. The van der Waals surface area contributed by atoms with Crippen molar-refractivity contribution >= 4 is 23.4 Å². The molecule has 2 aromatic carbocycles. The largest absolute Gasteiger partial charge is 0.337 e. The zero-order chi connectivity index (χ0) is 21.6. The number of hydrogen-bond acceptors (Lipinski definition) is 4. The third-order valence-corrected chi connectivity index (χ3v) is 4.50. The Labute approximate surface area is 178 Å². The summed E-state index contributed by atoms with van der Waals surface area (Å²) in [6, 6.07) is 18.8. The van der Waals surface area contributed by atoms with Crippen LogP contribution >= 0.6 is 0 Å². The summed E-state index contributed by atoms with van der Waals surface area (Å²) >= 11 is 0. The SMILES string of the molecule is CN(NC(=O)NCCCCCCNC(=O)NN(C)c1ccccc1)c1ccccc1. The number of anilines is 2. The summed E-state index contributed by atoms with van der Waals surface area (Å²) in [6.45, 7) is 1.23. The molecule has 4 amide bonds. The molecule has 4 N–H and O–H groups in total. The summed E-state index contributed by atoms with van der Waals surface area (Å²) in [7, 11) is 3.60. The number of nitrogens with zero attached hydrogens (tertiary/aromatic N) is 2. The Bertz CT molecular complexity index is 691. The molecule has 30 heavy (non-hydrogen) atoms. The van der Waals surface area contributed by atoms with Crippen LogP contribution in [0, 0.1) is 0 Å². The highest BCUT2D eigenvalue weighted by molar-refractivity contribution is 5.76. The molecule has 0 aliphatic heterocycles. The summed E-state index contributed by atoms with van der Waals surface area (Å²) in [6.07, 6.45) is 3.76. The fraction of sp³-hybridized carbons (Fsp3) is 0.364. The van der Waals surface area contributed by atoms with E-state index in [0.717, 1.165) is 37.1 Å². The number of amides is 4. The van der Waals surface area contributed by atoms with E-state index in [9.17, 15) is 9.59 Å². The fourth-order valence-corrected chi connectivity index (χ4v) is 2.82. The van der Waals surface area contributed by atoms with Crippen LogP contribution < -0.4 is 31.5 Å². The van der Waals surface area contributed by atoms with Crippen LogP contribution in [0.2, 0.25) is 0 Å². The van der Waals surface area contributed by atoms with Crippen LogP contribution in [0.4, 0.5) is 21.0 Å². The molecule has 0 saturated carbocycles. The summed E-state index contributed by atoms with van der Waals surface area (Å²) in [5.41, 5.74) is 7.38. The third-order valence-electron chi connectivity index (χ3n) is 4.50. The zero-order valence-electron chi connectivity index (χ0n) is 17.7. The fourth-order valence-electron chi connectivity index (χ4n) is 2.82. The average Bonchev–Trinajstić information content (AvgIpc) is 2.76. The lowest BCUT2D eigenvalue weighted by atomic mass is 10.2. The first-order valence-electron chi connectivity index (χ1n) is 10.2. The average molecular weight is 413 g/mol. The van der Waals surface area contributed by atoms with Gasteiger partial charge in [-0.1, -0.05) is 49.2 Å². The molecule has 2 rings (SSSR count). The van der Waals surface area contributed by atoms with Crippen LogP contribution in [0.25, 0.3) is 0 Å². The van der Waals surface area contributed by atoms with Gasteiger partial charge in [0, 0.05) is 27.2 Å². The van der Waals surface area contributed by atoms with Gasteiger partial charge in [-0.2, -0.15) is 0 Å². The Morgan fingerprint density at radius 1 is 0.633 bits per heavy atom. The van der Waals surface area contributed by atoms with Gasteiger partial charge in [0.25, 0.3) is 0 Å². The number of hydrazine groups is 2. The van der Waals surface area contributed by atoms with E-state index in [2.05, 4.69) is 21.5 Å². The number of para-hydroxylation sites is 2. The first-order chi connectivity index (χ1) is 14.6. The van der Waals surface area contributed by atoms with E-state index in [1.807, 2.05) is 60.7 Å². The summed E-state index contributed by atoms with van der Waals surface area (Å²) in [5, 5.41) is 9.07. The molecule has 0 heterocycles. The molecule has 162 valence electrons. The number of rotatable bonds is 11. The van der Waals surface area contributed by atoms with E-state index >= 15 is 0 Å². The number of unbranched alkanes of at least 4 members (excludes halogenated alkanes) is 3. The molecule has 0 fully saturated rings. The Morgan fingerprint density at radius 2 is 1.00 bits per heavy atom. The van der Waals surface area contributed by atoms with Crippen LogP contribution in [0.3, 0.4) is 0 Å². The molecule has 0 atom stereocenters. The van der Waals surface area contributed by atoms with Crippen LogP contribution in [0.15, 0.2) is 60.7 Å². The number of hydrogen-bond donors (Lipinski definition) is 4. The van der Waals surface area contributed by atoms with Crippen molar-refractivity contribution in [1.29, 1.82) is 0 Å². The van der Waals surface area contributed by atoms with Crippen molar-refractivity contribution in [2.45, 2.75) is 25.7 Å². The van der Waals surface area contributed by atoms with E-state index in [1.54, 1.807) is 24.1 Å². The van der Waals surface area contributed by atoms with Crippen molar-refractivity contribution in [2.24, 2.45) is 0 Å². The molecule has 0 aromatic heterocycles. The van der Waals surface area contributed by atoms with Gasteiger partial charge in [-0.25, -0.2) is 20.4 Å². The molecular weight excluding hydrogens is 380 g/mol. The van der Waals surface area contributed by atoms with E-state index in [-0.39, 0.29) is 12.1 Å². The van der Waals surface area contributed by atoms with Crippen LogP contribution in [0.5, 0.6) is 0 Å². The van der Waals surface area contributed by atoms with Gasteiger partial charge >= 0.3 is 12.1 Å². The molecule has 0 bridgehead atoms. The number of carbonyl (C=O) groups excluding carboxylic acids is 2. The van der Waals surface area contributed by atoms with Gasteiger partial charge in [-0.05, 0) is 37.1 Å². The molecule has 0 unspecified atom stereocenters. The monoisotopic (exact) mass is 412 g/mol. The van der Waals surface area contributed by atoms with Crippen molar-refractivity contribution in [3.63, 3.8) is 0 Å². The highest BCUT2D eigenvalue weighted by atomic mass is 16.2. The zero-order valence-corrected chi connectivity index (χ0v) is 17.7. The Balaban J connectivity index is 1.46. The summed E-state index contributed by atoms with van der Waals surface area (Å²) in [5.74, 6) is 0. The lowest BCUT2D eigenvalue weighted by molar-refractivity contribution is 0.239. The Hall–Kier alpha value is -3.42. The van der Waals surface area contributed by atoms with E-state index in [1.165, 1.54) is 0 Å². The normalized spacial score (nSPS) is 10.1. The topological polar surface area (TPSA) is 88.7 Å². The maximum absolute atomic E-state index is 11.9. The second-order valence-electron chi connectivity index (χ2n) is 6.94. The minimum absolute atomic E-state index is 0.220. The maximum Gasteiger partial charge on any atom is 0.333 e. The van der Waals surface area contributed by atoms with E-state index < -0.39 is 0 Å². The quantitative estimate of drug-likeness (QED) is 0.337. The number of benzene rings is 2. The minimum Gasteiger partial charge on any atom is -0.337 e. The van der Waals surface area contributed by atoms with Crippen molar-refractivity contribution in [2.75, 3.05) is 37.2 Å². The number of nitrogens with one attached hydrogen (secondary N) is 4. The lowest BCUT2D eigenvalue weighted by Gasteiger charge is -2.20. The van der Waals surface area contributed by atoms with Crippen molar-refractivity contribution in [3.05, 3.63) is 60.7 Å².